The van der Waals surface area contributed by atoms with Crippen LogP contribution in [0.3, 0.4) is 0 Å². The zero-order chi connectivity index (χ0) is 16.4. The Morgan fingerprint density at radius 3 is 3.04 bits per heavy atom. The maximum Gasteiger partial charge on any atom is 0.243 e. The highest BCUT2D eigenvalue weighted by Gasteiger charge is 2.31. The van der Waals surface area contributed by atoms with Crippen LogP contribution in [0.2, 0.25) is 0 Å². The molecular formula is C18H18N4OS. The number of nitrogens with zero attached hydrogens (tertiary/aromatic N) is 3. The van der Waals surface area contributed by atoms with E-state index in [2.05, 4.69) is 44.5 Å². The van der Waals surface area contributed by atoms with Crippen molar-refractivity contribution >= 4 is 33.3 Å². The molecule has 1 N–H and O–H groups in total. The molecule has 0 spiro atoms. The molecule has 1 atom stereocenters. The van der Waals surface area contributed by atoms with Crippen molar-refractivity contribution < 1.29 is 4.79 Å². The van der Waals surface area contributed by atoms with E-state index in [1.54, 1.807) is 6.20 Å². The summed E-state index contributed by atoms with van der Waals surface area (Å²) in [5.41, 5.74) is 2.19. The van der Waals surface area contributed by atoms with Gasteiger partial charge in [-0.15, -0.1) is 11.3 Å². The van der Waals surface area contributed by atoms with Gasteiger partial charge in [-0.25, -0.2) is 4.98 Å². The van der Waals surface area contributed by atoms with Crippen molar-refractivity contribution in [3.05, 3.63) is 53.7 Å². The molecule has 5 nitrogen and oxygen atoms in total. The number of para-hydroxylation sites is 1. The highest BCUT2D eigenvalue weighted by molar-refractivity contribution is 7.13. The molecule has 122 valence electrons. The molecule has 1 amide bonds. The van der Waals surface area contributed by atoms with Crippen LogP contribution in [-0.2, 0) is 11.3 Å². The van der Waals surface area contributed by atoms with E-state index in [4.69, 9.17) is 0 Å². The average molecular weight is 338 g/mol. The molecule has 24 heavy (non-hydrogen) atoms. The fraction of sp³-hybridized carbons (Fsp3) is 0.278. The molecule has 6 heteroatoms. The number of thiazole rings is 1. The molecule has 1 aromatic carbocycles. The maximum absolute atomic E-state index is 12.6. The summed E-state index contributed by atoms with van der Waals surface area (Å²) in [6.45, 7) is 1.67. The Bertz CT molecular complexity index is 844. The summed E-state index contributed by atoms with van der Waals surface area (Å²) in [4.78, 5) is 23.5. The summed E-state index contributed by atoms with van der Waals surface area (Å²) < 4.78 is 0. The number of likely N-dealkylation sites (tertiary alicyclic amines) is 1. The van der Waals surface area contributed by atoms with Crippen LogP contribution in [0.15, 0.2) is 48.1 Å². The van der Waals surface area contributed by atoms with Crippen LogP contribution in [0.1, 0.15) is 18.4 Å². The molecule has 0 unspecified atom stereocenters. The summed E-state index contributed by atoms with van der Waals surface area (Å²) in [6, 6.07) is 10.1. The molecule has 2 aromatic heterocycles. The zero-order valence-electron chi connectivity index (χ0n) is 13.2. The third-order valence-electron chi connectivity index (χ3n) is 4.42. The second-order valence-electron chi connectivity index (χ2n) is 5.95. The van der Waals surface area contributed by atoms with Crippen molar-refractivity contribution in [3.8, 4) is 0 Å². The highest BCUT2D eigenvalue weighted by atomic mass is 32.1. The number of rotatable bonds is 4. The van der Waals surface area contributed by atoms with E-state index in [1.165, 1.54) is 16.9 Å². The summed E-state index contributed by atoms with van der Waals surface area (Å²) in [6.07, 6.45) is 5.44. The first-order valence-corrected chi connectivity index (χ1v) is 8.96. The van der Waals surface area contributed by atoms with Crippen LogP contribution in [0, 0.1) is 0 Å². The molecule has 0 bridgehead atoms. The number of hydrogen-bond donors (Lipinski definition) is 1. The number of carbonyl (C=O) groups excluding carboxylic acids is 1. The number of aromatic nitrogens is 2. The first kappa shape index (κ1) is 15.2. The largest absolute Gasteiger partial charge is 0.301 e. The molecular weight excluding hydrogens is 320 g/mol. The summed E-state index contributed by atoms with van der Waals surface area (Å²) >= 11 is 1.45. The molecule has 0 saturated carbocycles. The van der Waals surface area contributed by atoms with Crippen molar-refractivity contribution in [3.63, 3.8) is 0 Å². The molecule has 4 rings (SSSR count). The number of amides is 1. The van der Waals surface area contributed by atoms with E-state index in [0.29, 0.717) is 5.13 Å². The number of pyridine rings is 1. The van der Waals surface area contributed by atoms with Gasteiger partial charge in [0.1, 0.15) is 0 Å². The monoisotopic (exact) mass is 338 g/mol. The van der Waals surface area contributed by atoms with Gasteiger partial charge in [0.05, 0.1) is 11.6 Å². The lowest BCUT2D eigenvalue weighted by Crippen LogP contribution is -2.39. The number of anilines is 1. The van der Waals surface area contributed by atoms with Crippen LogP contribution in [0.4, 0.5) is 5.13 Å². The summed E-state index contributed by atoms with van der Waals surface area (Å²) in [7, 11) is 0. The van der Waals surface area contributed by atoms with Crippen LogP contribution in [0.25, 0.3) is 10.9 Å². The Morgan fingerprint density at radius 1 is 1.25 bits per heavy atom. The Balaban J connectivity index is 1.53. The first-order valence-electron chi connectivity index (χ1n) is 8.08. The fourth-order valence-corrected chi connectivity index (χ4v) is 3.83. The predicted octanol–water partition coefficient (Wildman–Crippen LogP) is 3.29. The van der Waals surface area contributed by atoms with E-state index in [1.807, 2.05) is 17.6 Å². The minimum absolute atomic E-state index is 0.0376. The zero-order valence-corrected chi connectivity index (χ0v) is 14.0. The van der Waals surface area contributed by atoms with Gasteiger partial charge in [-0.05, 0) is 31.0 Å². The van der Waals surface area contributed by atoms with Gasteiger partial charge in [0.25, 0.3) is 0 Å². The van der Waals surface area contributed by atoms with Crippen molar-refractivity contribution in [2.24, 2.45) is 0 Å². The van der Waals surface area contributed by atoms with E-state index < -0.39 is 0 Å². The van der Waals surface area contributed by atoms with E-state index in [-0.39, 0.29) is 11.9 Å². The van der Waals surface area contributed by atoms with Crippen molar-refractivity contribution in [2.75, 3.05) is 11.9 Å². The number of nitrogens with one attached hydrogen (secondary N) is 1. The molecule has 3 heterocycles. The maximum atomic E-state index is 12.6. The minimum Gasteiger partial charge on any atom is -0.301 e. The van der Waals surface area contributed by atoms with E-state index in [0.717, 1.165) is 36.8 Å². The fourth-order valence-electron chi connectivity index (χ4n) is 3.30. The van der Waals surface area contributed by atoms with Gasteiger partial charge in [-0.1, -0.05) is 24.3 Å². The van der Waals surface area contributed by atoms with Gasteiger partial charge in [-0.2, -0.15) is 0 Å². The van der Waals surface area contributed by atoms with Gasteiger partial charge < -0.3 is 5.32 Å². The van der Waals surface area contributed by atoms with Crippen LogP contribution in [-0.4, -0.2) is 33.4 Å². The minimum atomic E-state index is -0.104. The Labute approximate surface area is 144 Å². The molecule has 1 aliphatic rings. The molecule has 1 saturated heterocycles. The molecule has 1 fully saturated rings. The lowest BCUT2D eigenvalue weighted by atomic mass is 10.1. The lowest BCUT2D eigenvalue weighted by Gasteiger charge is -2.23. The number of fused-ring (bicyclic) bond motifs is 1. The van der Waals surface area contributed by atoms with Gasteiger partial charge in [-0.3, -0.25) is 14.7 Å². The van der Waals surface area contributed by atoms with Gasteiger partial charge in [0.2, 0.25) is 5.91 Å². The van der Waals surface area contributed by atoms with Crippen LogP contribution >= 0.6 is 11.3 Å². The topological polar surface area (TPSA) is 58.1 Å². The smallest absolute Gasteiger partial charge is 0.243 e. The predicted molar refractivity (Wildman–Crippen MR) is 95.9 cm³/mol. The number of hydrogen-bond acceptors (Lipinski definition) is 5. The first-order chi connectivity index (χ1) is 11.8. The molecule has 3 aromatic rings. The van der Waals surface area contributed by atoms with Gasteiger partial charge >= 0.3 is 0 Å². The summed E-state index contributed by atoms with van der Waals surface area (Å²) in [5.74, 6) is 0.0376. The Kier molecular flexibility index (Phi) is 4.23. The SMILES string of the molecule is O=C(Nc1nccs1)[C@H]1CCCN1Cc1cccc2cccnc12. The van der Waals surface area contributed by atoms with Crippen molar-refractivity contribution in [1.29, 1.82) is 0 Å². The van der Waals surface area contributed by atoms with Gasteiger partial charge in [0, 0.05) is 29.7 Å². The third-order valence-corrected chi connectivity index (χ3v) is 5.11. The Morgan fingerprint density at radius 2 is 2.17 bits per heavy atom. The standard InChI is InChI=1S/C18H18N4OS/c23-17(21-18-20-9-11-24-18)15-7-3-10-22(15)12-14-5-1-4-13-6-2-8-19-16(13)14/h1-2,4-6,8-9,11,15H,3,7,10,12H2,(H,20,21,23)/t15-/m1/s1. The van der Waals surface area contributed by atoms with Crippen molar-refractivity contribution in [1.82, 2.24) is 14.9 Å². The Hall–Kier alpha value is -2.31. The second kappa shape index (κ2) is 6.67. The number of carbonyl (C=O) groups is 1. The quantitative estimate of drug-likeness (QED) is 0.793. The molecule has 1 aliphatic heterocycles. The van der Waals surface area contributed by atoms with E-state index >= 15 is 0 Å². The third kappa shape index (κ3) is 3.02. The van der Waals surface area contributed by atoms with E-state index in [9.17, 15) is 4.79 Å². The second-order valence-corrected chi connectivity index (χ2v) is 6.84. The summed E-state index contributed by atoms with van der Waals surface area (Å²) in [5, 5.41) is 6.60. The molecule has 0 aliphatic carbocycles. The lowest BCUT2D eigenvalue weighted by molar-refractivity contribution is -0.120. The average Bonchev–Trinajstić information content (AvgIpc) is 3.27. The number of benzene rings is 1. The normalized spacial score (nSPS) is 18.1. The van der Waals surface area contributed by atoms with Crippen LogP contribution < -0.4 is 5.32 Å². The molecule has 0 radical (unpaired) electrons. The van der Waals surface area contributed by atoms with Gasteiger partial charge in [0.15, 0.2) is 5.13 Å². The van der Waals surface area contributed by atoms with Crippen molar-refractivity contribution in [2.45, 2.75) is 25.4 Å². The van der Waals surface area contributed by atoms with Crippen LogP contribution in [0.5, 0.6) is 0 Å². The highest BCUT2D eigenvalue weighted by Crippen LogP contribution is 2.24.